The summed E-state index contributed by atoms with van der Waals surface area (Å²) < 4.78 is 10.5. The molecule has 0 saturated heterocycles. The van der Waals surface area contributed by atoms with Gasteiger partial charge in [0.25, 0.3) is 0 Å². The molecule has 0 amide bonds. The van der Waals surface area contributed by atoms with Crippen molar-refractivity contribution >= 4 is 14.0 Å². The highest BCUT2D eigenvalue weighted by Crippen LogP contribution is 2.24. The van der Waals surface area contributed by atoms with E-state index in [1.165, 1.54) is 7.11 Å². The van der Waals surface area contributed by atoms with E-state index in [4.69, 9.17) is 9.47 Å². The normalized spacial score (nSPS) is 12.1. The number of nitrogens with zero attached hydrogens (tertiary/aromatic N) is 1. The molecule has 0 saturated carbocycles. The number of hydrogen-bond acceptors (Lipinski definition) is 4. The maximum Gasteiger partial charge on any atom is 0.317 e. The average Bonchev–Trinajstić information content (AvgIpc) is 2.36. The number of aromatic nitrogens is 1. The molecular weight excluding hydrogens is 270 g/mol. The van der Waals surface area contributed by atoms with E-state index in [1.54, 1.807) is 13.8 Å². The van der Waals surface area contributed by atoms with Crippen LogP contribution in [0.3, 0.4) is 0 Å². The lowest BCUT2D eigenvalue weighted by molar-refractivity contribution is -0.146. The maximum atomic E-state index is 11.8. The molecule has 0 spiro atoms. The third kappa shape index (κ3) is 4.63. The van der Waals surface area contributed by atoms with Gasteiger partial charge in [-0.3, -0.25) is 4.79 Å². The Morgan fingerprint density at radius 1 is 1.30 bits per heavy atom. The maximum absolute atomic E-state index is 11.8. The van der Waals surface area contributed by atoms with Crippen LogP contribution >= 0.6 is 0 Å². The van der Waals surface area contributed by atoms with Gasteiger partial charge in [-0.2, -0.15) is 0 Å². The summed E-state index contributed by atoms with van der Waals surface area (Å²) >= 11 is 0. The number of methoxy groups -OCH3 is 1. The second kappa shape index (κ2) is 6.39. The molecule has 1 rings (SSSR count). The molecule has 0 fully saturated rings. The van der Waals surface area contributed by atoms with Gasteiger partial charge in [0.15, 0.2) is 0 Å². The molecule has 20 heavy (non-hydrogen) atoms. The summed E-state index contributed by atoms with van der Waals surface area (Å²) in [6.07, 6.45) is 0. The lowest BCUT2D eigenvalue weighted by Crippen LogP contribution is -2.31. The van der Waals surface area contributed by atoms with Crippen molar-refractivity contribution in [2.24, 2.45) is 0 Å². The number of hydrogen-bond donors (Lipinski definition) is 0. The van der Waals surface area contributed by atoms with Crippen molar-refractivity contribution in [1.29, 1.82) is 0 Å². The average molecular weight is 295 g/mol. The SMILES string of the molecule is COC(=O)C(C)(C)c1cccc(OCC[Si](C)(C)C)n1. The summed E-state index contributed by atoms with van der Waals surface area (Å²) in [4.78, 5) is 16.2. The Labute approximate surface area is 122 Å². The van der Waals surface area contributed by atoms with Gasteiger partial charge < -0.3 is 9.47 Å². The number of carbonyl (C=O) groups is 1. The minimum absolute atomic E-state index is 0.302. The second-order valence-corrected chi connectivity index (χ2v) is 12.3. The fraction of sp³-hybridized carbons (Fsp3) is 0.600. The lowest BCUT2D eigenvalue weighted by Gasteiger charge is -2.21. The van der Waals surface area contributed by atoms with Crippen molar-refractivity contribution in [3.63, 3.8) is 0 Å². The Bertz CT molecular complexity index is 466. The Morgan fingerprint density at radius 2 is 1.95 bits per heavy atom. The topological polar surface area (TPSA) is 48.4 Å². The molecule has 0 bridgehead atoms. The van der Waals surface area contributed by atoms with Crippen LogP contribution in [0.5, 0.6) is 5.88 Å². The molecule has 0 aliphatic carbocycles. The van der Waals surface area contributed by atoms with Crippen molar-refractivity contribution in [3.05, 3.63) is 23.9 Å². The Hall–Kier alpha value is -1.36. The zero-order valence-corrected chi connectivity index (χ0v) is 14.3. The minimum atomic E-state index is -1.11. The van der Waals surface area contributed by atoms with Crippen LogP contribution in [0.4, 0.5) is 0 Å². The number of carbonyl (C=O) groups excluding carboxylic acids is 1. The molecule has 0 atom stereocenters. The third-order valence-electron chi connectivity index (χ3n) is 3.16. The molecule has 1 aromatic rings. The number of rotatable bonds is 6. The van der Waals surface area contributed by atoms with Crippen LogP contribution < -0.4 is 4.74 Å². The fourth-order valence-electron chi connectivity index (χ4n) is 1.66. The van der Waals surface area contributed by atoms with E-state index in [1.807, 2.05) is 18.2 Å². The van der Waals surface area contributed by atoms with Crippen LogP contribution in [-0.4, -0.2) is 32.7 Å². The van der Waals surface area contributed by atoms with Gasteiger partial charge in [-0.25, -0.2) is 4.98 Å². The van der Waals surface area contributed by atoms with Crippen molar-refractivity contribution < 1.29 is 14.3 Å². The summed E-state index contributed by atoms with van der Waals surface area (Å²) in [5.41, 5.74) is -0.109. The predicted octanol–water partition coefficient (Wildman–Crippen LogP) is 3.25. The van der Waals surface area contributed by atoms with Crippen molar-refractivity contribution in [1.82, 2.24) is 4.98 Å². The van der Waals surface area contributed by atoms with Gasteiger partial charge in [0.05, 0.1) is 19.4 Å². The van der Waals surface area contributed by atoms with Crippen molar-refractivity contribution in [2.45, 2.75) is 44.9 Å². The highest BCUT2D eigenvalue weighted by Gasteiger charge is 2.32. The molecule has 0 N–H and O–H groups in total. The smallest absolute Gasteiger partial charge is 0.317 e. The van der Waals surface area contributed by atoms with E-state index in [-0.39, 0.29) is 5.97 Å². The van der Waals surface area contributed by atoms with Gasteiger partial charge in [-0.05, 0) is 26.0 Å². The van der Waals surface area contributed by atoms with E-state index in [9.17, 15) is 4.79 Å². The molecule has 0 unspecified atom stereocenters. The van der Waals surface area contributed by atoms with Gasteiger partial charge in [-0.1, -0.05) is 25.7 Å². The third-order valence-corrected chi connectivity index (χ3v) is 4.87. The Balaban J connectivity index is 2.78. The zero-order valence-electron chi connectivity index (χ0n) is 13.3. The number of esters is 1. The van der Waals surface area contributed by atoms with E-state index in [2.05, 4.69) is 24.6 Å². The molecule has 5 heteroatoms. The van der Waals surface area contributed by atoms with Gasteiger partial charge in [0, 0.05) is 14.1 Å². The predicted molar refractivity (Wildman–Crippen MR) is 82.9 cm³/mol. The Morgan fingerprint density at radius 3 is 2.50 bits per heavy atom. The molecule has 4 nitrogen and oxygen atoms in total. The molecule has 0 aliphatic rings. The van der Waals surface area contributed by atoms with Crippen LogP contribution in [0.2, 0.25) is 25.7 Å². The summed E-state index contributed by atoms with van der Waals surface area (Å²) in [7, 11) is 0.275. The van der Waals surface area contributed by atoms with Crippen LogP contribution in [0, 0.1) is 0 Å². The molecule has 1 aromatic heterocycles. The molecule has 0 aromatic carbocycles. The number of pyridine rings is 1. The van der Waals surface area contributed by atoms with Gasteiger partial charge in [0.1, 0.15) is 5.41 Å². The monoisotopic (exact) mass is 295 g/mol. The molecular formula is C15H25NO3Si. The summed E-state index contributed by atoms with van der Waals surface area (Å²) in [5, 5.41) is 0. The van der Waals surface area contributed by atoms with E-state index in [0.29, 0.717) is 18.2 Å². The first-order chi connectivity index (χ1) is 9.16. The summed E-state index contributed by atoms with van der Waals surface area (Å²) in [5.74, 6) is 0.266. The largest absolute Gasteiger partial charge is 0.478 e. The van der Waals surface area contributed by atoms with Gasteiger partial charge in [0.2, 0.25) is 5.88 Å². The van der Waals surface area contributed by atoms with Crippen LogP contribution in [0.1, 0.15) is 19.5 Å². The second-order valence-electron chi connectivity index (χ2n) is 6.64. The molecule has 0 aliphatic heterocycles. The van der Waals surface area contributed by atoms with Crippen molar-refractivity contribution in [2.75, 3.05) is 13.7 Å². The van der Waals surface area contributed by atoms with Crippen LogP contribution in [-0.2, 0) is 14.9 Å². The molecule has 0 radical (unpaired) electrons. The van der Waals surface area contributed by atoms with E-state index in [0.717, 1.165) is 6.04 Å². The van der Waals surface area contributed by atoms with E-state index < -0.39 is 13.5 Å². The summed E-state index contributed by atoms with van der Waals surface area (Å²) in [6, 6.07) is 6.58. The zero-order chi connectivity index (χ0) is 15.4. The fourth-order valence-corrected chi connectivity index (χ4v) is 2.38. The number of ether oxygens (including phenoxy) is 2. The Kier molecular flexibility index (Phi) is 5.33. The summed E-state index contributed by atoms with van der Waals surface area (Å²) in [6.45, 7) is 11.2. The van der Waals surface area contributed by atoms with Gasteiger partial charge >= 0.3 is 5.97 Å². The van der Waals surface area contributed by atoms with E-state index >= 15 is 0 Å². The van der Waals surface area contributed by atoms with Crippen molar-refractivity contribution in [3.8, 4) is 5.88 Å². The van der Waals surface area contributed by atoms with Crippen LogP contribution in [0.25, 0.3) is 0 Å². The highest BCUT2D eigenvalue weighted by molar-refractivity contribution is 6.76. The minimum Gasteiger partial charge on any atom is -0.478 e. The first kappa shape index (κ1) is 16.7. The van der Waals surface area contributed by atoms with Gasteiger partial charge in [-0.15, -0.1) is 0 Å². The lowest BCUT2D eigenvalue weighted by atomic mass is 9.89. The quantitative estimate of drug-likeness (QED) is 0.597. The first-order valence-electron chi connectivity index (χ1n) is 6.85. The first-order valence-corrected chi connectivity index (χ1v) is 10.6. The standard InChI is InChI=1S/C15H25NO3Si/c1-15(2,14(17)18-3)12-8-7-9-13(16-12)19-10-11-20(4,5)6/h7-9H,10-11H2,1-6H3. The molecule has 112 valence electrons. The van der Waals surface area contributed by atoms with Crippen LogP contribution in [0.15, 0.2) is 18.2 Å². The highest BCUT2D eigenvalue weighted by atomic mass is 28.3. The molecule has 1 heterocycles.